The van der Waals surface area contributed by atoms with Crippen LogP contribution in [0.25, 0.3) is 0 Å². The van der Waals surface area contributed by atoms with Crippen LogP contribution in [0, 0.1) is 5.92 Å². The van der Waals surface area contributed by atoms with Gasteiger partial charge in [0.1, 0.15) is 11.9 Å². The summed E-state index contributed by atoms with van der Waals surface area (Å²) in [6, 6.07) is -0.907. The number of carbonyl (C=O) groups excluding carboxylic acids is 1. The maximum Gasteiger partial charge on any atom is 0.326 e. The van der Waals surface area contributed by atoms with Gasteiger partial charge in [-0.1, -0.05) is 13.8 Å². The van der Waals surface area contributed by atoms with E-state index in [2.05, 4.69) is 20.5 Å². The molecule has 1 aromatic rings. The number of hydrogen-bond acceptors (Lipinski definition) is 4. The van der Waals surface area contributed by atoms with Crippen LogP contribution in [0.4, 0.5) is 0 Å². The quantitative estimate of drug-likeness (QED) is 0.709. The van der Waals surface area contributed by atoms with Gasteiger partial charge in [0.15, 0.2) is 0 Å². The molecule has 19 heavy (non-hydrogen) atoms. The van der Waals surface area contributed by atoms with Gasteiger partial charge in [-0.15, -0.1) is 5.10 Å². The van der Waals surface area contributed by atoms with Gasteiger partial charge >= 0.3 is 5.97 Å². The number of carbonyl (C=O) groups is 2. The van der Waals surface area contributed by atoms with Gasteiger partial charge in [0.2, 0.25) is 5.82 Å². The minimum Gasteiger partial charge on any atom is -0.480 e. The smallest absolute Gasteiger partial charge is 0.326 e. The van der Waals surface area contributed by atoms with E-state index in [1.807, 2.05) is 13.8 Å². The van der Waals surface area contributed by atoms with Crippen molar-refractivity contribution in [1.82, 2.24) is 20.5 Å². The summed E-state index contributed by atoms with van der Waals surface area (Å²) in [6.07, 6.45) is 2.49. The Labute approximate surface area is 110 Å². The Balaban J connectivity index is 1.98. The Hall–Kier alpha value is -1.92. The van der Waals surface area contributed by atoms with Gasteiger partial charge in [-0.3, -0.25) is 9.89 Å². The fourth-order valence-corrected chi connectivity index (χ4v) is 1.83. The van der Waals surface area contributed by atoms with Crippen LogP contribution in [0.3, 0.4) is 0 Å². The first-order valence-corrected chi connectivity index (χ1v) is 6.43. The van der Waals surface area contributed by atoms with Crippen LogP contribution in [-0.4, -0.2) is 38.2 Å². The molecule has 1 saturated carbocycles. The third kappa shape index (κ3) is 3.52. The van der Waals surface area contributed by atoms with Crippen molar-refractivity contribution >= 4 is 11.9 Å². The summed E-state index contributed by atoms with van der Waals surface area (Å²) in [5.41, 5.74) is 0. The van der Waals surface area contributed by atoms with Crippen molar-refractivity contribution in [3.63, 3.8) is 0 Å². The zero-order valence-corrected chi connectivity index (χ0v) is 11.0. The third-order valence-electron chi connectivity index (χ3n) is 2.98. The van der Waals surface area contributed by atoms with E-state index >= 15 is 0 Å². The number of nitrogens with zero attached hydrogens (tertiary/aromatic N) is 2. The van der Waals surface area contributed by atoms with E-state index in [9.17, 15) is 9.59 Å². The lowest BCUT2D eigenvalue weighted by Crippen LogP contribution is -2.42. The summed E-state index contributed by atoms with van der Waals surface area (Å²) in [4.78, 5) is 27.0. The fraction of sp³-hybridized carbons (Fsp3) is 0.667. The minimum atomic E-state index is -1.04. The monoisotopic (exact) mass is 266 g/mol. The van der Waals surface area contributed by atoms with Crippen LogP contribution in [0.1, 0.15) is 55.5 Å². The van der Waals surface area contributed by atoms with Crippen LogP contribution in [-0.2, 0) is 4.79 Å². The number of nitrogens with one attached hydrogen (secondary N) is 2. The molecule has 7 heteroatoms. The summed E-state index contributed by atoms with van der Waals surface area (Å²) in [5, 5.41) is 18.1. The molecule has 0 unspecified atom stereocenters. The predicted octanol–water partition coefficient (Wildman–Crippen LogP) is 0.911. The van der Waals surface area contributed by atoms with Gasteiger partial charge in [-0.25, -0.2) is 9.78 Å². The molecule has 2 rings (SSSR count). The lowest BCUT2D eigenvalue weighted by Gasteiger charge is -2.15. The number of H-pyrrole nitrogens is 1. The SMILES string of the molecule is CC(C)C[C@@H](NC(=O)c1n[nH]c(C2CC2)n1)C(=O)O. The second kappa shape index (κ2) is 5.38. The molecule has 0 aliphatic heterocycles. The van der Waals surface area contributed by atoms with Crippen LogP contribution in [0.5, 0.6) is 0 Å². The van der Waals surface area contributed by atoms with E-state index in [1.54, 1.807) is 0 Å². The zero-order chi connectivity index (χ0) is 14.0. The Kier molecular flexibility index (Phi) is 3.82. The largest absolute Gasteiger partial charge is 0.480 e. The molecule has 7 nitrogen and oxygen atoms in total. The van der Waals surface area contributed by atoms with Crippen molar-refractivity contribution in [3.05, 3.63) is 11.6 Å². The number of aliphatic carboxylic acids is 1. The first-order chi connectivity index (χ1) is 8.97. The van der Waals surface area contributed by atoms with Crippen LogP contribution in [0.2, 0.25) is 0 Å². The Morgan fingerprint density at radius 1 is 1.47 bits per heavy atom. The van der Waals surface area contributed by atoms with E-state index < -0.39 is 17.9 Å². The first kappa shape index (κ1) is 13.5. The van der Waals surface area contributed by atoms with E-state index in [0.717, 1.165) is 12.8 Å². The van der Waals surface area contributed by atoms with Crippen LogP contribution < -0.4 is 5.32 Å². The minimum absolute atomic E-state index is 0.0110. The molecule has 104 valence electrons. The molecule has 1 aliphatic rings. The first-order valence-electron chi connectivity index (χ1n) is 6.43. The normalized spacial score (nSPS) is 16.4. The number of carboxylic acid groups (broad SMARTS) is 1. The highest BCUT2D eigenvalue weighted by Gasteiger charge is 2.29. The Bertz CT molecular complexity index is 479. The summed E-state index contributed by atoms with van der Waals surface area (Å²) in [6.45, 7) is 3.81. The molecule has 0 saturated heterocycles. The molecule has 3 N–H and O–H groups in total. The van der Waals surface area contributed by atoms with Crippen molar-refractivity contribution in [2.24, 2.45) is 5.92 Å². The summed E-state index contributed by atoms with van der Waals surface area (Å²) < 4.78 is 0. The molecule has 1 heterocycles. The van der Waals surface area contributed by atoms with Gasteiger partial charge in [-0.05, 0) is 25.2 Å². The highest BCUT2D eigenvalue weighted by molar-refractivity contribution is 5.93. The molecule has 0 radical (unpaired) electrons. The average molecular weight is 266 g/mol. The standard InChI is InChI=1S/C12H18N4O3/c1-6(2)5-8(12(18)19)13-11(17)10-14-9(15-16-10)7-3-4-7/h6-8H,3-5H2,1-2H3,(H,13,17)(H,18,19)(H,14,15,16)/t8-/m1/s1. The number of rotatable bonds is 6. The molecular weight excluding hydrogens is 248 g/mol. The van der Waals surface area contributed by atoms with Crippen LogP contribution in [0.15, 0.2) is 0 Å². The second-order valence-corrected chi connectivity index (χ2v) is 5.31. The van der Waals surface area contributed by atoms with Crippen LogP contribution >= 0.6 is 0 Å². The highest BCUT2D eigenvalue weighted by Crippen LogP contribution is 2.37. The number of aromatic amines is 1. The summed E-state index contributed by atoms with van der Waals surface area (Å²) in [7, 11) is 0. The Morgan fingerprint density at radius 2 is 2.16 bits per heavy atom. The average Bonchev–Trinajstić information content (AvgIpc) is 3.05. The summed E-state index contributed by atoms with van der Waals surface area (Å²) >= 11 is 0. The van der Waals surface area contributed by atoms with E-state index in [4.69, 9.17) is 5.11 Å². The molecule has 0 spiro atoms. The zero-order valence-electron chi connectivity index (χ0n) is 11.0. The van der Waals surface area contributed by atoms with Crippen molar-refractivity contribution in [2.75, 3.05) is 0 Å². The van der Waals surface area contributed by atoms with Gasteiger partial charge in [-0.2, -0.15) is 0 Å². The fourth-order valence-electron chi connectivity index (χ4n) is 1.83. The molecule has 0 aromatic carbocycles. The molecule has 1 aromatic heterocycles. The van der Waals surface area contributed by atoms with Crippen molar-refractivity contribution in [2.45, 2.75) is 45.1 Å². The lowest BCUT2D eigenvalue weighted by molar-refractivity contribution is -0.139. The van der Waals surface area contributed by atoms with Crippen molar-refractivity contribution < 1.29 is 14.7 Å². The molecule has 1 atom stereocenters. The molecule has 0 bridgehead atoms. The molecule has 1 amide bonds. The van der Waals surface area contributed by atoms with Crippen molar-refractivity contribution in [1.29, 1.82) is 0 Å². The number of carboxylic acids is 1. The third-order valence-corrected chi connectivity index (χ3v) is 2.98. The van der Waals surface area contributed by atoms with Gasteiger partial charge in [0, 0.05) is 5.92 Å². The summed E-state index contributed by atoms with van der Waals surface area (Å²) in [5.74, 6) is -0.315. The molecule has 1 fully saturated rings. The number of amides is 1. The lowest BCUT2D eigenvalue weighted by atomic mass is 10.0. The topological polar surface area (TPSA) is 108 Å². The van der Waals surface area contributed by atoms with E-state index in [1.165, 1.54) is 0 Å². The number of hydrogen-bond donors (Lipinski definition) is 3. The van der Waals surface area contributed by atoms with Gasteiger partial charge in [0.05, 0.1) is 0 Å². The maximum atomic E-state index is 11.9. The second-order valence-electron chi connectivity index (χ2n) is 5.31. The maximum absolute atomic E-state index is 11.9. The molecular formula is C12H18N4O3. The predicted molar refractivity (Wildman–Crippen MR) is 66.7 cm³/mol. The van der Waals surface area contributed by atoms with Crippen molar-refractivity contribution in [3.8, 4) is 0 Å². The van der Waals surface area contributed by atoms with Gasteiger partial charge in [0.25, 0.3) is 5.91 Å². The van der Waals surface area contributed by atoms with Gasteiger partial charge < -0.3 is 10.4 Å². The number of aromatic nitrogens is 3. The molecule has 1 aliphatic carbocycles. The highest BCUT2D eigenvalue weighted by atomic mass is 16.4. The van der Waals surface area contributed by atoms with E-state index in [-0.39, 0.29) is 11.7 Å². The Morgan fingerprint density at radius 3 is 2.68 bits per heavy atom. The van der Waals surface area contributed by atoms with E-state index in [0.29, 0.717) is 18.2 Å².